The molecule has 1 N–H and O–H groups in total. The lowest BCUT2D eigenvalue weighted by atomic mass is 10.0. The van der Waals surface area contributed by atoms with Crippen LogP contribution in [0.5, 0.6) is 0 Å². The number of ether oxygens (including phenoxy) is 1. The average molecular weight is 485 g/mol. The maximum atomic E-state index is 12.9. The molecule has 1 aliphatic heterocycles. The number of benzene rings is 2. The number of carbonyl (C=O) groups is 1. The molecule has 0 spiro atoms. The van der Waals surface area contributed by atoms with Gasteiger partial charge < -0.3 is 10.1 Å². The molecule has 1 saturated heterocycles. The lowest BCUT2D eigenvalue weighted by molar-refractivity contribution is -0.137. The first-order valence-corrected chi connectivity index (χ1v) is 12.3. The van der Waals surface area contributed by atoms with Gasteiger partial charge in [-0.15, -0.1) is 0 Å². The quantitative estimate of drug-likeness (QED) is 0.622. The standard InChI is InChI=1S/C23H27F3N2O4S/c1-17-2-8-20(9-3-17)33(30,31)15-10-22(29)27-16-21(28-11-13-32-14-12-28)18-4-6-19(7-5-18)23(24,25)26/h2-9,21H,10-16H2,1H3,(H,27,29). The number of morpholine rings is 1. The van der Waals surface area contributed by atoms with Crippen molar-refractivity contribution in [3.63, 3.8) is 0 Å². The number of aryl methyl sites for hydroxylation is 1. The second-order valence-electron chi connectivity index (χ2n) is 7.97. The van der Waals surface area contributed by atoms with Gasteiger partial charge in [0.15, 0.2) is 9.84 Å². The van der Waals surface area contributed by atoms with Crippen molar-refractivity contribution in [3.8, 4) is 0 Å². The maximum absolute atomic E-state index is 12.9. The molecule has 2 aromatic rings. The summed E-state index contributed by atoms with van der Waals surface area (Å²) >= 11 is 0. The summed E-state index contributed by atoms with van der Waals surface area (Å²) < 4.78 is 69.1. The largest absolute Gasteiger partial charge is 0.416 e. The summed E-state index contributed by atoms with van der Waals surface area (Å²) in [5.74, 6) is -0.763. The summed E-state index contributed by atoms with van der Waals surface area (Å²) in [6.45, 7) is 4.12. The van der Waals surface area contributed by atoms with E-state index in [4.69, 9.17) is 4.74 Å². The second-order valence-corrected chi connectivity index (χ2v) is 10.1. The Morgan fingerprint density at radius 2 is 1.67 bits per heavy atom. The van der Waals surface area contributed by atoms with Crippen molar-refractivity contribution in [3.05, 3.63) is 65.2 Å². The van der Waals surface area contributed by atoms with Crippen LogP contribution in [0.1, 0.15) is 29.2 Å². The van der Waals surface area contributed by atoms with Gasteiger partial charge in [0.2, 0.25) is 5.91 Å². The topological polar surface area (TPSA) is 75.7 Å². The Morgan fingerprint density at radius 1 is 1.06 bits per heavy atom. The predicted octanol–water partition coefficient (Wildman–Crippen LogP) is 3.37. The van der Waals surface area contributed by atoms with Gasteiger partial charge in [-0.1, -0.05) is 29.8 Å². The van der Waals surface area contributed by atoms with E-state index >= 15 is 0 Å². The Hall–Kier alpha value is -2.43. The summed E-state index contributed by atoms with van der Waals surface area (Å²) in [6.07, 6.45) is -4.64. The zero-order chi connectivity index (χ0) is 24.1. The highest BCUT2D eigenvalue weighted by atomic mass is 32.2. The third-order valence-corrected chi connectivity index (χ3v) is 7.31. The predicted molar refractivity (Wildman–Crippen MR) is 117 cm³/mol. The van der Waals surface area contributed by atoms with Crippen LogP contribution in [0, 0.1) is 6.92 Å². The zero-order valence-electron chi connectivity index (χ0n) is 18.3. The molecule has 1 fully saturated rings. The highest BCUT2D eigenvalue weighted by molar-refractivity contribution is 7.91. The van der Waals surface area contributed by atoms with Crippen LogP contribution < -0.4 is 5.32 Å². The van der Waals surface area contributed by atoms with Crippen molar-refractivity contribution >= 4 is 15.7 Å². The lowest BCUT2D eigenvalue weighted by Crippen LogP contribution is -2.44. The normalized spacial score (nSPS) is 16.4. The molecule has 10 heteroatoms. The van der Waals surface area contributed by atoms with Gasteiger partial charge >= 0.3 is 6.18 Å². The minimum Gasteiger partial charge on any atom is -0.379 e. The molecule has 2 aromatic carbocycles. The number of carbonyl (C=O) groups excluding carboxylic acids is 1. The fourth-order valence-corrected chi connectivity index (χ4v) is 4.87. The van der Waals surface area contributed by atoms with Crippen LogP contribution in [0.3, 0.4) is 0 Å². The van der Waals surface area contributed by atoms with E-state index in [0.29, 0.717) is 31.9 Å². The van der Waals surface area contributed by atoms with Crippen molar-refractivity contribution in [1.29, 1.82) is 0 Å². The third-order valence-electron chi connectivity index (χ3n) is 5.58. The molecule has 1 aliphatic rings. The Bertz CT molecular complexity index is 1030. The Labute approximate surface area is 191 Å². The number of alkyl halides is 3. The minimum atomic E-state index is -4.43. The molecule has 180 valence electrons. The van der Waals surface area contributed by atoms with E-state index in [1.165, 1.54) is 24.3 Å². The summed E-state index contributed by atoms with van der Waals surface area (Å²) in [4.78, 5) is 14.6. The highest BCUT2D eigenvalue weighted by Crippen LogP contribution is 2.31. The smallest absolute Gasteiger partial charge is 0.379 e. The molecule has 1 amide bonds. The van der Waals surface area contributed by atoms with E-state index in [1.807, 2.05) is 11.8 Å². The van der Waals surface area contributed by atoms with E-state index in [2.05, 4.69) is 5.32 Å². The second kappa shape index (κ2) is 10.7. The number of rotatable bonds is 8. The molecule has 1 unspecified atom stereocenters. The summed E-state index contributed by atoms with van der Waals surface area (Å²) in [7, 11) is -3.60. The summed E-state index contributed by atoms with van der Waals surface area (Å²) in [5, 5.41) is 2.75. The van der Waals surface area contributed by atoms with Crippen molar-refractivity contribution in [2.75, 3.05) is 38.6 Å². The van der Waals surface area contributed by atoms with E-state index in [0.717, 1.165) is 17.7 Å². The number of amides is 1. The molecular formula is C23H27F3N2O4S. The van der Waals surface area contributed by atoms with Crippen molar-refractivity contribution in [1.82, 2.24) is 10.2 Å². The van der Waals surface area contributed by atoms with Gasteiger partial charge in [-0.25, -0.2) is 8.42 Å². The molecule has 3 rings (SSSR count). The first kappa shape index (κ1) is 25.2. The van der Waals surface area contributed by atoms with Gasteiger partial charge in [0.05, 0.1) is 35.5 Å². The van der Waals surface area contributed by atoms with Gasteiger partial charge in [-0.05, 0) is 36.8 Å². The monoisotopic (exact) mass is 484 g/mol. The van der Waals surface area contributed by atoms with Gasteiger partial charge in [0, 0.05) is 26.1 Å². The summed E-state index contributed by atoms with van der Waals surface area (Å²) in [6, 6.07) is 11.0. The van der Waals surface area contributed by atoms with E-state index < -0.39 is 27.5 Å². The van der Waals surface area contributed by atoms with E-state index in [-0.39, 0.29) is 29.7 Å². The average Bonchev–Trinajstić information content (AvgIpc) is 2.79. The Balaban J connectivity index is 1.64. The van der Waals surface area contributed by atoms with Crippen LogP contribution in [0.25, 0.3) is 0 Å². The van der Waals surface area contributed by atoms with Gasteiger partial charge in [0.1, 0.15) is 0 Å². The number of sulfone groups is 1. The van der Waals surface area contributed by atoms with Crippen LogP contribution in [0.2, 0.25) is 0 Å². The fourth-order valence-electron chi connectivity index (χ4n) is 3.63. The number of halogens is 3. The lowest BCUT2D eigenvalue weighted by Gasteiger charge is -2.35. The molecule has 1 atom stereocenters. The Kier molecular flexibility index (Phi) is 8.14. The molecule has 1 heterocycles. The van der Waals surface area contributed by atoms with E-state index in [9.17, 15) is 26.4 Å². The first-order chi connectivity index (χ1) is 15.6. The highest BCUT2D eigenvalue weighted by Gasteiger charge is 2.31. The van der Waals surface area contributed by atoms with Crippen molar-refractivity contribution in [2.24, 2.45) is 0 Å². The SMILES string of the molecule is Cc1ccc(S(=O)(=O)CCC(=O)NCC(c2ccc(C(F)(F)F)cc2)N2CCOCC2)cc1. The van der Waals surface area contributed by atoms with Crippen LogP contribution in [0.15, 0.2) is 53.4 Å². The van der Waals surface area contributed by atoms with Gasteiger partial charge in [-0.3, -0.25) is 9.69 Å². The van der Waals surface area contributed by atoms with Crippen LogP contribution in [-0.2, 0) is 25.5 Å². The van der Waals surface area contributed by atoms with Crippen molar-refractivity contribution in [2.45, 2.75) is 30.5 Å². The summed E-state index contributed by atoms with van der Waals surface area (Å²) in [5.41, 5.74) is 0.832. The van der Waals surface area contributed by atoms with Crippen LogP contribution >= 0.6 is 0 Å². The molecule has 0 bridgehead atoms. The van der Waals surface area contributed by atoms with Crippen molar-refractivity contribution < 1.29 is 31.1 Å². The number of nitrogens with zero attached hydrogens (tertiary/aromatic N) is 1. The van der Waals surface area contributed by atoms with Gasteiger partial charge in [0.25, 0.3) is 0 Å². The third kappa shape index (κ3) is 7.02. The minimum absolute atomic E-state index is 0.148. The van der Waals surface area contributed by atoms with Gasteiger partial charge in [-0.2, -0.15) is 13.2 Å². The number of nitrogens with one attached hydrogen (secondary N) is 1. The molecule has 6 nitrogen and oxygen atoms in total. The molecule has 0 radical (unpaired) electrons. The first-order valence-electron chi connectivity index (χ1n) is 10.6. The van der Waals surface area contributed by atoms with E-state index in [1.54, 1.807) is 12.1 Å². The molecule has 33 heavy (non-hydrogen) atoms. The molecule has 0 saturated carbocycles. The fraction of sp³-hybridized carbons (Fsp3) is 0.435. The van der Waals surface area contributed by atoms with Crippen LogP contribution in [0.4, 0.5) is 13.2 Å². The zero-order valence-corrected chi connectivity index (χ0v) is 19.1. The molecule has 0 aromatic heterocycles. The maximum Gasteiger partial charge on any atom is 0.416 e. The Morgan fingerprint density at radius 3 is 2.24 bits per heavy atom. The number of hydrogen-bond donors (Lipinski definition) is 1. The number of hydrogen-bond acceptors (Lipinski definition) is 5. The van der Waals surface area contributed by atoms with Crippen LogP contribution in [-0.4, -0.2) is 57.8 Å². The molecule has 0 aliphatic carbocycles. The molecular weight excluding hydrogens is 457 g/mol.